The standard InChI is InChI=1S/C16H15BrClNO/c1-11-8-14(6-7-15(11)17)16(20)19-10-13-4-2-12(9-18)3-5-13/h2-8H,9-10H2,1H3,(H,19,20). The van der Waals surface area contributed by atoms with E-state index < -0.39 is 0 Å². The zero-order chi connectivity index (χ0) is 14.5. The Kier molecular flexibility index (Phi) is 5.21. The van der Waals surface area contributed by atoms with E-state index in [1.807, 2.05) is 49.4 Å². The van der Waals surface area contributed by atoms with E-state index in [2.05, 4.69) is 21.2 Å². The molecule has 104 valence electrons. The van der Waals surface area contributed by atoms with E-state index in [9.17, 15) is 4.79 Å². The highest BCUT2D eigenvalue weighted by molar-refractivity contribution is 9.10. The molecule has 2 aromatic carbocycles. The van der Waals surface area contributed by atoms with Crippen LogP contribution in [-0.4, -0.2) is 5.91 Å². The number of alkyl halides is 1. The lowest BCUT2D eigenvalue weighted by Crippen LogP contribution is -2.22. The Morgan fingerprint density at radius 3 is 2.40 bits per heavy atom. The molecule has 0 atom stereocenters. The minimum absolute atomic E-state index is 0.0676. The van der Waals surface area contributed by atoms with E-state index in [4.69, 9.17) is 11.6 Å². The molecule has 0 bridgehead atoms. The monoisotopic (exact) mass is 351 g/mol. The fraction of sp³-hybridized carbons (Fsp3) is 0.188. The Labute approximate surface area is 132 Å². The number of hydrogen-bond acceptors (Lipinski definition) is 1. The first kappa shape index (κ1) is 15.1. The van der Waals surface area contributed by atoms with Gasteiger partial charge in [-0.2, -0.15) is 0 Å². The van der Waals surface area contributed by atoms with Crippen molar-refractivity contribution in [2.75, 3.05) is 0 Å². The fourth-order valence-electron chi connectivity index (χ4n) is 1.82. The van der Waals surface area contributed by atoms with E-state index in [1.165, 1.54) is 0 Å². The molecule has 2 aromatic rings. The Balaban J connectivity index is 1.98. The highest BCUT2D eigenvalue weighted by Crippen LogP contribution is 2.17. The van der Waals surface area contributed by atoms with Gasteiger partial charge in [-0.1, -0.05) is 40.2 Å². The number of carbonyl (C=O) groups is 1. The molecule has 0 aliphatic rings. The van der Waals surface area contributed by atoms with Gasteiger partial charge in [0.15, 0.2) is 0 Å². The minimum atomic E-state index is -0.0676. The van der Waals surface area contributed by atoms with Crippen LogP contribution in [0.4, 0.5) is 0 Å². The first-order valence-electron chi connectivity index (χ1n) is 6.28. The van der Waals surface area contributed by atoms with E-state index >= 15 is 0 Å². The lowest BCUT2D eigenvalue weighted by atomic mass is 10.1. The summed E-state index contributed by atoms with van der Waals surface area (Å²) in [4.78, 5) is 12.1. The second-order valence-electron chi connectivity index (χ2n) is 4.60. The van der Waals surface area contributed by atoms with Crippen molar-refractivity contribution in [2.45, 2.75) is 19.3 Å². The van der Waals surface area contributed by atoms with E-state index in [-0.39, 0.29) is 5.91 Å². The van der Waals surface area contributed by atoms with Crippen LogP contribution in [0.3, 0.4) is 0 Å². The van der Waals surface area contributed by atoms with Gasteiger partial charge in [-0.15, -0.1) is 11.6 Å². The van der Waals surface area contributed by atoms with Gasteiger partial charge in [-0.25, -0.2) is 0 Å². The zero-order valence-electron chi connectivity index (χ0n) is 11.1. The van der Waals surface area contributed by atoms with Crippen molar-refractivity contribution in [2.24, 2.45) is 0 Å². The summed E-state index contributed by atoms with van der Waals surface area (Å²) in [7, 11) is 0. The molecule has 0 radical (unpaired) electrons. The van der Waals surface area contributed by atoms with Crippen molar-refractivity contribution in [1.29, 1.82) is 0 Å². The molecule has 0 heterocycles. The molecule has 0 unspecified atom stereocenters. The van der Waals surface area contributed by atoms with Crippen LogP contribution >= 0.6 is 27.5 Å². The number of hydrogen-bond donors (Lipinski definition) is 1. The summed E-state index contributed by atoms with van der Waals surface area (Å²) in [5.41, 5.74) is 3.85. The number of nitrogens with one attached hydrogen (secondary N) is 1. The average molecular weight is 353 g/mol. The van der Waals surface area contributed by atoms with Crippen LogP contribution in [0, 0.1) is 6.92 Å². The van der Waals surface area contributed by atoms with Crippen molar-refractivity contribution in [3.05, 3.63) is 69.2 Å². The molecule has 1 amide bonds. The largest absolute Gasteiger partial charge is 0.348 e. The van der Waals surface area contributed by atoms with Crippen molar-refractivity contribution in [1.82, 2.24) is 5.32 Å². The van der Waals surface area contributed by atoms with Gasteiger partial charge >= 0.3 is 0 Å². The fourth-order valence-corrected chi connectivity index (χ4v) is 2.24. The van der Waals surface area contributed by atoms with Gasteiger partial charge in [0.25, 0.3) is 5.91 Å². The molecule has 0 aliphatic heterocycles. The normalized spacial score (nSPS) is 10.3. The van der Waals surface area contributed by atoms with Crippen LogP contribution in [0.5, 0.6) is 0 Å². The van der Waals surface area contributed by atoms with Crippen LogP contribution in [-0.2, 0) is 12.4 Å². The smallest absolute Gasteiger partial charge is 0.251 e. The first-order valence-corrected chi connectivity index (χ1v) is 7.61. The molecule has 4 heteroatoms. The third-order valence-corrected chi connectivity index (χ3v) is 4.25. The number of aryl methyl sites for hydroxylation is 1. The predicted octanol–water partition coefficient (Wildman–Crippen LogP) is 4.43. The summed E-state index contributed by atoms with van der Waals surface area (Å²) < 4.78 is 1.01. The maximum absolute atomic E-state index is 12.1. The summed E-state index contributed by atoms with van der Waals surface area (Å²) in [6.07, 6.45) is 0. The van der Waals surface area contributed by atoms with Gasteiger partial charge < -0.3 is 5.32 Å². The van der Waals surface area contributed by atoms with Crippen LogP contribution in [0.15, 0.2) is 46.9 Å². The second kappa shape index (κ2) is 6.91. The number of carbonyl (C=O) groups excluding carboxylic acids is 1. The SMILES string of the molecule is Cc1cc(C(=O)NCc2ccc(CCl)cc2)ccc1Br. The molecule has 0 saturated carbocycles. The number of rotatable bonds is 4. The Morgan fingerprint density at radius 1 is 1.15 bits per heavy atom. The minimum Gasteiger partial charge on any atom is -0.348 e. The first-order chi connectivity index (χ1) is 9.60. The third-order valence-electron chi connectivity index (χ3n) is 3.05. The van der Waals surface area contributed by atoms with Crippen molar-refractivity contribution >= 4 is 33.4 Å². The molecule has 0 spiro atoms. The predicted molar refractivity (Wildman–Crippen MR) is 86.0 cm³/mol. The summed E-state index contributed by atoms with van der Waals surface area (Å²) in [5, 5.41) is 2.91. The highest BCUT2D eigenvalue weighted by atomic mass is 79.9. The summed E-state index contributed by atoms with van der Waals surface area (Å²) >= 11 is 9.17. The Hall–Kier alpha value is -1.32. The molecule has 0 aromatic heterocycles. The van der Waals surface area contributed by atoms with Crippen molar-refractivity contribution in [3.8, 4) is 0 Å². The quantitative estimate of drug-likeness (QED) is 0.811. The Morgan fingerprint density at radius 2 is 1.80 bits per heavy atom. The van der Waals surface area contributed by atoms with E-state index in [1.54, 1.807) is 0 Å². The van der Waals surface area contributed by atoms with Crippen LogP contribution in [0.25, 0.3) is 0 Å². The van der Waals surface area contributed by atoms with Gasteiger partial charge in [-0.05, 0) is 41.8 Å². The van der Waals surface area contributed by atoms with Gasteiger partial charge in [0, 0.05) is 22.5 Å². The number of amides is 1. The number of halogens is 2. The van der Waals surface area contributed by atoms with Gasteiger partial charge in [0.1, 0.15) is 0 Å². The van der Waals surface area contributed by atoms with Gasteiger partial charge in [0.2, 0.25) is 0 Å². The molecule has 20 heavy (non-hydrogen) atoms. The molecular weight excluding hydrogens is 338 g/mol. The topological polar surface area (TPSA) is 29.1 Å². The molecule has 2 nitrogen and oxygen atoms in total. The van der Waals surface area contributed by atoms with Crippen LogP contribution < -0.4 is 5.32 Å². The lowest BCUT2D eigenvalue weighted by Gasteiger charge is -2.07. The Bertz CT molecular complexity index is 610. The van der Waals surface area contributed by atoms with Gasteiger partial charge in [-0.3, -0.25) is 4.79 Å². The van der Waals surface area contributed by atoms with E-state index in [0.717, 1.165) is 21.2 Å². The van der Waals surface area contributed by atoms with Crippen LogP contribution in [0.1, 0.15) is 27.0 Å². The number of benzene rings is 2. The maximum atomic E-state index is 12.1. The van der Waals surface area contributed by atoms with Gasteiger partial charge in [0.05, 0.1) is 0 Å². The maximum Gasteiger partial charge on any atom is 0.251 e. The summed E-state index contributed by atoms with van der Waals surface area (Å²) in [6, 6.07) is 13.5. The van der Waals surface area contributed by atoms with Crippen LogP contribution in [0.2, 0.25) is 0 Å². The molecule has 2 rings (SSSR count). The van der Waals surface area contributed by atoms with Crippen molar-refractivity contribution < 1.29 is 4.79 Å². The molecule has 0 saturated heterocycles. The molecule has 0 fully saturated rings. The van der Waals surface area contributed by atoms with Crippen molar-refractivity contribution in [3.63, 3.8) is 0 Å². The zero-order valence-corrected chi connectivity index (χ0v) is 13.5. The summed E-state index contributed by atoms with van der Waals surface area (Å²) in [5.74, 6) is 0.437. The lowest BCUT2D eigenvalue weighted by molar-refractivity contribution is 0.0951. The summed E-state index contributed by atoms with van der Waals surface area (Å²) in [6.45, 7) is 2.47. The molecule has 1 N–H and O–H groups in total. The molecular formula is C16H15BrClNO. The molecule has 0 aliphatic carbocycles. The highest BCUT2D eigenvalue weighted by Gasteiger charge is 2.06. The third kappa shape index (κ3) is 3.84. The average Bonchev–Trinajstić information content (AvgIpc) is 2.48. The van der Waals surface area contributed by atoms with E-state index in [0.29, 0.717) is 18.0 Å². The second-order valence-corrected chi connectivity index (χ2v) is 5.72.